The summed E-state index contributed by atoms with van der Waals surface area (Å²) in [5, 5.41) is 10.00. The van der Waals surface area contributed by atoms with Gasteiger partial charge in [0.2, 0.25) is 5.95 Å². The lowest BCUT2D eigenvalue weighted by molar-refractivity contribution is -0.118. The minimum absolute atomic E-state index is 0.133. The topological polar surface area (TPSA) is 98.4 Å². The summed E-state index contributed by atoms with van der Waals surface area (Å²) in [5.74, 6) is 1.96. The average molecular weight is 403 g/mol. The quantitative estimate of drug-likeness (QED) is 0.628. The number of benzene rings is 2. The van der Waals surface area contributed by atoms with Gasteiger partial charge in [0.05, 0.1) is 19.8 Å². The molecule has 0 aliphatic carbocycles. The predicted octanol–water partition coefficient (Wildman–Crippen LogP) is 3.47. The van der Waals surface area contributed by atoms with Gasteiger partial charge in [0.15, 0.2) is 12.4 Å². The lowest BCUT2D eigenvalue weighted by Gasteiger charge is -2.08. The summed E-state index contributed by atoms with van der Waals surface area (Å²) < 4.78 is 16.0. The van der Waals surface area contributed by atoms with Gasteiger partial charge in [-0.15, -0.1) is 5.10 Å². The normalized spacial score (nSPS) is 10.4. The Kier molecular flexibility index (Phi) is 6.00. The number of hydrogen-bond donors (Lipinski definition) is 2. The number of halogens is 1. The monoisotopic (exact) mass is 402 g/mol. The van der Waals surface area contributed by atoms with Crippen molar-refractivity contribution in [1.82, 2.24) is 15.2 Å². The second-order valence-electron chi connectivity index (χ2n) is 5.82. The number of aryl methyl sites for hydroxylation is 1. The Bertz CT molecular complexity index is 990. The number of methoxy groups -OCH3 is 2. The molecule has 8 nitrogen and oxygen atoms in total. The van der Waals surface area contributed by atoms with E-state index in [1.807, 2.05) is 6.92 Å². The van der Waals surface area contributed by atoms with E-state index in [9.17, 15) is 4.79 Å². The van der Waals surface area contributed by atoms with Gasteiger partial charge in [-0.25, -0.2) is 0 Å². The van der Waals surface area contributed by atoms with E-state index < -0.39 is 0 Å². The minimum atomic E-state index is -0.389. The van der Waals surface area contributed by atoms with Crippen LogP contribution < -0.4 is 19.5 Å². The van der Waals surface area contributed by atoms with Crippen molar-refractivity contribution in [2.75, 3.05) is 26.1 Å². The molecule has 0 aliphatic rings. The Morgan fingerprint density at radius 1 is 1.14 bits per heavy atom. The van der Waals surface area contributed by atoms with Crippen LogP contribution in [0.2, 0.25) is 5.02 Å². The second-order valence-corrected chi connectivity index (χ2v) is 6.23. The van der Waals surface area contributed by atoms with E-state index in [1.165, 1.54) is 0 Å². The number of hydrogen-bond acceptors (Lipinski definition) is 6. The summed E-state index contributed by atoms with van der Waals surface area (Å²) in [4.78, 5) is 16.4. The first-order chi connectivity index (χ1) is 13.5. The highest BCUT2D eigenvalue weighted by Crippen LogP contribution is 2.31. The lowest BCUT2D eigenvalue weighted by atomic mass is 10.2. The van der Waals surface area contributed by atoms with Gasteiger partial charge >= 0.3 is 0 Å². The SMILES string of the molecule is COc1ccc(-c2nc(NC(=O)COc3ccc(Cl)c(C)c3)n[nH]2)c(OC)c1. The third-order valence-corrected chi connectivity index (χ3v) is 4.32. The van der Waals surface area contributed by atoms with Crippen molar-refractivity contribution in [3.05, 3.63) is 47.0 Å². The molecular formula is C19H19ClN4O4. The molecule has 3 rings (SSSR count). The van der Waals surface area contributed by atoms with E-state index in [0.29, 0.717) is 33.7 Å². The van der Waals surface area contributed by atoms with Gasteiger partial charge in [-0.3, -0.25) is 15.2 Å². The molecule has 1 amide bonds. The summed E-state index contributed by atoms with van der Waals surface area (Å²) in [5.41, 5.74) is 1.55. The van der Waals surface area contributed by atoms with Crippen molar-refractivity contribution in [1.29, 1.82) is 0 Å². The van der Waals surface area contributed by atoms with Crippen LogP contribution in [0.4, 0.5) is 5.95 Å². The summed E-state index contributed by atoms with van der Waals surface area (Å²) >= 11 is 5.97. The van der Waals surface area contributed by atoms with E-state index in [0.717, 1.165) is 5.56 Å². The molecule has 1 heterocycles. The van der Waals surface area contributed by atoms with E-state index in [4.69, 9.17) is 25.8 Å². The fourth-order valence-corrected chi connectivity index (χ4v) is 2.57. The fraction of sp³-hybridized carbons (Fsp3) is 0.211. The number of anilines is 1. The molecule has 2 N–H and O–H groups in total. The van der Waals surface area contributed by atoms with E-state index in [2.05, 4.69) is 20.5 Å². The molecular weight excluding hydrogens is 384 g/mol. The number of aromatic nitrogens is 3. The van der Waals surface area contributed by atoms with Crippen molar-refractivity contribution < 1.29 is 19.0 Å². The number of nitrogens with zero attached hydrogens (tertiary/aromatic N) is 2. The number of carbonyl (C=O) groups is 1. The summed E-state index contributed by atoms with van der Waals surface area (Å²) in [7, 11) is 3.12. The average Bonchev–Trinajstić information content (AvgIpc) is 3.16. The summed E-state index contributed by atoms with van der Waals surface area (Å²) in [6.45, 7) is 1.68. The van der Waals surface area contributed by atoms with E-state index in [1.54, 1.807) is 50.6 Å². The molecule has 1 aromatic heterocycles. The summed E-state index contributed by atoms with van der Waals surface area (Å²) in [6, 6.07) is 10.5. The van der Waals surface area contributed by atoms with Crippen LogP contribution in [-0.4, -0.2) is 41.9 Å². The number of carbonyl (C=O) groups excluding carboxylic acids is 1. The van der Waals surface area contributed by atoms with Crippen LogP contribution >= 0.6 is 11.6 Å². The maximum atomic E-state index is 12.1. The number of amides is 1. The fourth-order valence-electron chi connectivity index (χ4n) is 2.45. The van der Waals surface area contributed by atoms with Crippen molar-refractivity contribution in [3.8, 4) is 28.6 Å². The lowest BCUT2D eigenvalue weighted by Crippen LogP contribution is -2.20. The molecule has 9 heteroatoms. The van der Waals surface area contributed by atoms with Gasteiger partial charge in [0.25, 0.3) is 5.91 Å². The molecule has 3 aromatic rings. The molecule has 0 saturated heterocycles. The Morgan fingerprint density at radius 2 is 1.93 bits per heavy atom. The zero-order valence-electron chi connectivity index (χ0n) is 15.6. The Balaban J connectivity index is 1.64. The highest BCUT2D eigenvalue weighted by Gasteiger charge is 2.14. The Hall–Kier alpha value is -3.26. The Morgan fingerprint density at radius 3 is 2.64 bits per heavy atom. The molecule has 0 spiro atoms. The van der Waals surface area contributed by atoms with Crippen LogP contribution in [-0.2, 0) is 4.79 Å². The molecule has 0 radical (unpaired) electrons. The van der Waals surface area contributed by atoms with Gasteiger partial charge < -0.3 is 14.2 Å². The van der Waals surface area contributed by atoms with Crippen molar-refractivity contribution in [3.63, 3.8) is 0 Å². The zero-order chi connectivity index (χ0) is 20.1. The van der Waals surface area contributed by atoms with Crippen molar-refractivity contribution in [2.24, 2.45) is 0 Å². The van der Waals surface area contributed by atoms with E-state index in [-0.39, 0.29) is 18.5 Å². The standard InChI is InChI=1S/C19H19ClN4O4/c1-11-8-13(5-7-15(11)20)28-10-17(25)21-19-22-18(23-24-19)14-6-4-12(26-2)9-16(14)27-3/h4-9H,10H2,1-3H3,(H2,21,22,23,24,25). The molecule has 0 unspecified atom stereocenters. The number of aromatic amines is 1. The maximum absolute atomic E-state index is 12.1. The van der Waals surface area contributed by atoms with Crippen LogP contribution in [0.15, 0.2) is 36.4 Å². The third kappa shape index (κ3) is 4.52. The van der Waals surface area contributed by atoms with Crippen molar-refractivity contribution in [2.45, 2.75) is 6.92 Å². The van der Waals surface area contributed by atoms with E-state index >= 15 is 0 Å². The van der Waals surface area contributed by atoms with Gasteiger partial charge in [-0.05, 0) is 42.8 Å². The number of H-pyrrole nitrogens is 1. The third-order valence-electron chi connectivity index (χ3n) is 3.90. The first-order valence-corrected chi connectivity index (χ1v) is 8.71. The molecule has 0 bridgehead atoms. The van der Waals surface area contributed by atoms with Crippen molar-refractivity contribution >= 4 is 23.5 Å². The van der Waals surface area contributed by atoms with Crippen LogP contribution in [0.25, 0.3) is 11.4 Å². The highest BCUT2D eigenvalue weighted by atomic mass is 35.5. The smallest absolute Gasteiger partial charge is 0.264 e. The molecule has 0 fully saturated rings. The molecule has 2 aromatic carbocycles. The van der Waals surface area contributed by atoms with Gasteiger partial charge in [0.1, 0.15) is 17.2 Å². The molecule has 0 aliphatic heterocycles. The minimum Gasteiger partial charge on any atom is -0.497 e. The second kappa shape index (κ2) is 8.62. The van der Waals surface area contributed by atoms with Crippen LogP contribution in [0, 0.1) is 6.92 Å². The van der Waals surface area contributed by atoms with Gasteiger partial charge in [-0.1, -0.05) is 11.6 Å². The maximum Gasteiger partial charge on any atom is 0.264 e. The Labute approximate surface area is 166 Å². The molecule has 0 saturated carbocycles. The first-order valence-electron chi connectivity index (χ1n) is 8.33. The molecule has 0 atom stereocenters. The van der Waals surface area contributed by atoms with Gasteiger partial charge in [-0.2, -0.15) is 4.98 Å². The largest absolute Gasteiger partial charge is 0.497 e. The van der Waals surface area contributed by atoms with Crippen LogP contribution in [0.1, 0.15) is 5.56 Å². The first kappa shape index (κ1) is 19.5. The molecule has 28 heavy (non-hydrogen) atoms. The van der Waals surface area contributed by atoms with Crippen LogP contribution in [0.3, 0.4) is 0 Å². The predicted molar refractivity (Wildman–Crippen MR) is 105 cm³/mol. The number of nitrogens with one attached hydrogen (secondary N) is 2. The molecule has 146 valence electrons. The summed E-state index contributed by atoms with van der Waals surface area (Å²) in [6.07, 6.45) is 0. The highest BCUT2D eigenvalue weighted by molar-refractivity contribution is 6.31. The number of ether oxygens (including phenoxy) is 3. The number of rotatable bonds is 7. The zero-order valence-corrected chi connectivity index (χ0v) is 16.3. The van der Waals surface area contributed by atoms with Crippen LogP contribution in [0.5, 0.6) is 17.2 Å². The van der Waals surface area contributed by atoms with Gasteiger partial charge in [0, 0.05) is 11.1 Å².